The zero-order chi connectivity index (χ0) is 22.2. The lowest BCUT2D eigenvalue weighted by molar-refractivity contribution is -0.116. The molecule has 5 rings (SSSR count). The standard InChI is InChI=1S/C24H18Cl2N2O2S2/c25-17-5-1-15(2-6-17)23-27(21(29)13-31-23)19-9-11-20(12-10-19)28-22(30)14-32-24(28)16-3-7-18(26)8-4-16/h1-12,23-24H,13-14H2/t23-,24+. The van der Waals surface area contributed by atoms with Crippen LogP contribution in [0.4, 0.5) is 11.4 Å². The molecule has 2 aliphatic heterocycles. The molecular formula is C24H18Cl2N2O2S2. The fourth-order valence-corrected chi connectivity index (χ4v) is 6.54. The van der Waals surface area contributed by atoms with Crippen molar-refractivity contribution in [3.63, 3.8) is 0 Å². The fraction of sp³-hybridized carbons (Fsp3) is 0.167. The minimum atomic E-state index is -0.101. The molecule has 2 amide bonds. The zero-order valence-corrected chi connectivity index (χ0v) is 19.9. The summed E-state index contributed by atoms with van der Waals surface area (Å²) in [6.45, 7) is 0. The van der Waals surface area contributed by atoms with E-state index in [1.807, 2.05) is 82.6 Å². The van der Waals surface area contributed by atoms with Crippen molar-refractivity contribution < 1.29 is 9.59 Å². The van der Waals surface area contributed by atoms with Gasteiger partial charge in [0, 0.05) is 21.4 Å². The Hall–Kier alpha value is -2.12. The number of amides is 2. The molecule has 0 aliphatic carbocycles. The van der Waals surface area contributed by atoms with Crippen molar-refractivity contribution >= 4 is 69.9 Å². The van der Waals surface area contributed by atoms with Gasteiger partial charge in [-0.3, -0.25) is 19.4 Å². The first-order valence-electron chi connectivity index (χ1n) is 9.99. The molecule has 2 fully saturated rings. The average Bonchev–Trinajstić information content (AvgIpc) is 3.38. The van der Waals surface area contributed by atoms with Crippen LogP contribution in [0.2, 0.25) is 10.0 Å². The van der Waals surface area contributed by atoms with Crippen LogP contribution in [-0.4, -0.2) is 23.3 Å². The summed E-state index contributed by atoms with van der Waals surface area (Å²) in [7, 11) is 0. The van der Waals surface area contributed by atoms with E-state index in [1.54, 1.807) is 23.5 Å². The number of nitrogens with zero attached hydrogens (tertiary/aromatic N) is 2. The lowest BCUT2D eigenvalue weighted by Crippen LogP contribution is -2.29. The zero-order valence-electron chi connectivity index (χ0n) is 16.8. The predicted octanol–water partition coefficient (Wildman–Crippen LogP) is 6.55. The van der Waals surface area contributed by atoms with E-state index < -0.39 is 0 Å². The van der Waals surface area contributed by atoms with Gasteiger partial charge in [0.25, 0.3) is 0 Å². The second-order valence-corrected chi connectivity index (χ2v) is 10.5. The first-order chi connectivity index (χ1) is 15.5. The van der Waals surface area contributed by atoms with Crippen LogP contribution in [-0.2, 0) is 9.59 Å². The molecule has 162 valence electrons. The van der Waals surface area contributed by atoms with Crippen LogP contribution in [0.25, 0.3) is 0 Å². The molecule has 3 aromatic carbocycles. The van der Waals surface area contributed by atoms with E-state index in [-0.39, 0.29) is 22.6 Å². The molecule has 2 aliphatic rings. The van der Waals surface area contributed by atoms with Crippen LogP contribution in [0.5, 0.6) is 0 Å². The number of carbonyl (C=O) groups is 2. The Bertz CT molecular complexity index is 1060. The second kappa shape index (κ2) is 9.02. The normalized spacial score (nSPS) is 20.9. The highest BCUT2D eigenvalue weighted by Gasteiger charge is 2.36. The Morgan fingerprint density at radius 2 is 0.938 bits per heavy atom. The van der Waals surface area contributed by atoms with Crippen LogP contribution >= 0.6 is 46.7 Å². The minimum Gasteiger partial charge on any atom is -0.295 e. The predicted molar refractivity (Wildman–Crippen MR) is 135 cm³/mol. The van der Waals surface area contributed by atoms with Crippen molar-refractivity contribution in [2.75, 3.05) is 21.3 Å². The average molecular weight is 501 g/mol. The van der Waals surface area contributed by atoms with Gasteiger partial charge in [-0.25, -0.2) is 0 Å². The van der Waals surface area contributed by atoms with Crippen molar-refractivity contribution in [3.8, 4) is 0 Å². The maximum atomic E-state index is 12.7. The number of anilines is 2. The highest BCUT2D eigenvalue weighted by Crippen LogP contribution is 2.45. The van der Waals surface area contributed by atoms with Crippen molar-refractivity contribution in [1.82, 2.24) is 0 Å². The summed E-state index contributed by atoms with van der Waals surface area (Å²) in [6.07, 6.45) is 0. The third-order valence-electron chi connectivity index (χ3n) is 5.45. The minimum absolute atomic E-state index is 0.0644. The summed E-state index contributed by atoms with van der Waals surface area (Å²) in [5.74, 6) is 0.980. The molecule has 0 unspecified atom stereocenters. The van der Waals surface area contributed by atoms with Crippen LogP contribution < -0.4 is 9.80 Å². The number of rotatable bonds is 4. The first-order valence-corrected chi connectivity index (χ1v) is 12.8. The number of benzene rings is 3. The molecule has 2 saturated heterocycles. The molecule has 4 nitrogen and oxygen atoms in total. The number of halogens is 2. The molecule has 8 heteroatoms. The van der Waals surface area contributed by atoms with E-state index in [9.17, 15) is 9.59 Å². The molecule has 2 heterocycles. The van der Waals surface area contributed by atoms with E-state index in [0.29, 0.717) is 21.6 Å². The van der Waals surface area contributed by atoms with Gasteiger partial charge in [-0.15, -0.1) is 23.5 Å². The van der Waals surface area contributed by atoms with Crippen molar-refractivity contribution in [1.29, 1.82) is 0 Å². The molecular weight excluding hydrogens is 483 g/mol. The Morgan fingerprint density at radius 3 is 1.28 bits per heavy atom. The monoisotopic (exact) mass is 500 g/mol. The lowest BCUT2D eigenvalue weighted by Gasteiger charge is -2.27. The Labute approximate surface area is 204 Å². The van der Waals surface area contributed by atoms with Crippen molar-refractivity contribution in [3.05, 3.63) is 94.0 Å². The Kier molecular flexibility index (Phi) is 6.12. The van der Waals surface area contributed by atoms with E-state index in [0.717, 1.165) is 22.5 Å². The van der Waals surface area contributed by atoms with Gasteiger partial charge in [0.05, 0.1) is 11.5 Å². The van der Waals surface area contributed by atoms with E-state index in [2.05, 4.69) is 0 Å². The van der Waals surface area contributed by atoms with Gasteiger partial charge in [-0.2, -0.15) is 0 Å². The van der Waals surface area contributed by atoms with Crippen LogP contribution in [0, 0.1) is 0 Å². The molecule has 0 saturated carbocycles. The number of hydrogen-bond donors (Lipinski definition) is 0. The quantitative estimate of drug-likeness (QED) is 0.407. The number of thioether (sulfide) groups is 2. The topological polar surface area (TPSA) is 40.6 Å². The molecule has 0 bridgehead atoms. The highest BCUT2D eigenvalue weighted by molar-refractivity contribution is 8.01. The first kappa shape index (κ1) is 21.7. The van der Waals surface area contributed by atoms with Crippen LogP contribution in [0.3, 0.4) is 0 Å². The van der Waals surface area contributed by atoms with Gasteiger partial charge < -0.3 is 0 Å². The maximum absolute atomic E-state index is 12.7. The summed E-state index contributed by atoms with van der Waals surface area (Å²) >= 11 is 15.2. The fourth-order valence-electron chi connectivity index (χ4n) is 3.93. The van der Waals surface area contributed by atoms with Gasteiger partial charge in [-0.1, -0.05) is 47.5 Å². The summed E-state index contributed by atoms with van der Waals surface area (Å²) in [6, 6.07) is 22.8. The number of carbonyl (C=O) groups excluding carboxylic acids is 2. The SMILES string of the molecule is O=C1CS[C@H](c2ccc(Cl)cc2)N1c1ccc(N2C(=O)CS[C@H]2c2ccc(Cl)cc2)cc1. The van der Waals surface area contributed by atoms with Crippen molar-refractivity contribution in [2.24, 2.45) is 0 Å². The van der Waals surface area contributed by atoms with Gasteiger partial charge in [0.1, 0.15) is 10.7 Å². The molecule has 0 aromatic heterocycles. The summed E-state index contributed by atoms with van der Waals surface area (Å²) < 4.78 is 0. The molecule has 0 N–H and O–H groups in total. The Morgan fingerprint density at radius 1 is 0.594 bits per heavy atom. The molecule has 32 heavy (non-hydrogen) atoms. The van der Waals surface area contributed by atoms with Gasteiger partial charge in [0.2, 0.25) is 11.8 Å². The van der Waals surface area contributed by atoms with E-state index in [1.165, 1.54) is 0 Å². The van der Waals surface area contributed by atoms with E-state index in [4.69, 9.17) is 23.2 Å². The Balaban J connectivity index is 1.42. The summed E-state index contributed by atoms with van der Waals surface area (Å²) in [4.78, 5) is 29.0. The molecule has 0 spiro atoms. The van der Waals surface area contributed by atoms with Gasteiger partial charge >= 0.3 is 0 Å². The molecule has 0 radical (unpaired) electrons. The van der Waals surface area contributed by atoms with E-state index >= 15 is 0 Å². The largest absolute Gasteiger partial charge is 0.295 e. The lowest BCUT2D eigenvalue weighted by atomic mass is 10.1. The van der Waals surface area contributed by atoms with Gasteiger partial charge in [0.15, 0.2) is 0 Å². The van der Waals surface area contributed by atoms with Crippen molar-refractivity contribution in [2.45, 2.75) is 10.7 Å². The molecule has 3 aromatic rings. The third-order valence-corrected chi connectivity index (χ3v) is 8.38. The molecule has 2 atom stereocenters. The second-order valence-electron chi connectivity index (χ2n) is 7.47. The highest BCUT2D eigenvalue weighted by atomic mass is 35.5. The summed E-state index contributed by atoms with van der Waals surface area (Å²) in [5.41, 5.74) is 3.68. The number of hydrogen-bond acceptors (Lipinski definition) is 4. The van der Waals surface area contributed by atoms with Crippen LogP contribution in [0.15, 0.2) is 72.8 Å². The summed E-state index contributed by atoms with van der Waals surface area (Å²) in [5, 5.41) is 1.14. The van der Waals surface area contributed by atoms with Gasteiger partial charge in [-0.05, 0) is 59.7 Å². The third kappa shape index (κ3) is 4.13. The maximum Gasteiger partial charge on any atom is 0.238 e. The van der Waals surface area contributed by atoms with Crippen LogP contribution in [0.1, 0.15) is 21.9 Å². The smallest absolute Gasteiger partial charge is 0.238 e.